The molecule has 29 heavy (non-hydrogen) atoms. The minimum atomic E-state index is 0.780. The molecule has 5 rings (SSSR count). The molecule has 0 bridgehead atoms. The van der Waals surface area contributed by atoms with Crippen LogP contribution in [0.5, 0.6) is 0 Å². The molecule has 1 saturated heterocycles. The average molecular weight is 403 g/mol. The van der Waals surface area contributed by atoms with Crippen LogP contribution in [0.25, 0.3) is 16.7 Å². The number of piperazine rings is 1. The first-order valence-corrected chi connectivity index (χ1v) is 10.2. The molecule has 1 aliphatic rings. The van der Waals surface area contributed by atoms with Crippen LogP contribution in [-0.2, 0) is 6.67 Å². The summed E-state index contributed by atoms with van der Waals surface area (Å²) in [6, 6.07) is 20.6. The lowest BCUT2D eigenvalue weighted by molar-refractivity contribution is 0.207. The van der Waals surface area contributed by atoms with Crippen LogP contribution in [0, 0.1) is 4.77 Å². The normalized spacial score (nSPS) is 15.1. The number of imidazole rings is 1. The zero-order chi connectivity index (χ0) is 19.6. The molecule has 0 aliphatic carbocycles. The van der Waals surface area contributed by atoms with E-state index in [1.165, 1.54) is 0 Å². The fourth-order valence-electron chi connectivity index (χ4n) is 3.92. The number of aromatic nitrogens is 4. The van der Waals surface area contributed by atoms with Crippen LogP contribution < -0.4 is 4.90 Å². The van der Waals surface area contributed by atoms with Gasteiger partial charge in [0.05, 0.1) is 17.7 Å². The Morgan fingerprint density at radius 1 is 0.759 bits per heavy atom. The van der Waals surface area contributed by atoms with Crippen molar-refractivity contribution in [2.45, 2.75) is 6.67 Å². The number of benzene rings is 2. The third-order valence-corrected chi connectivity index (χ3v) is 5.80. The number of fused-ring (bicyclic) bond motifs is 1. The maximum absolute atomic E-state index is 5.91. The Labute approximate surface area is 174 Å². The summed E-state index contributed by atoms with van der Waals surface area (Å²) < 4.78 is 5.23. The fraction of sp³-hybridized carbons (Fsp3) is 0.227. The highest BCUT2D eigenvalue weighted by Crippen LogP contribution is 2.23. The van der Waals surface area contributed by atoms with Gasteiger partial charge in [-0.05, 0) is 42.5 Å². The highest BCUT2D eigenvalue weighted by molar-refractivity contribution is 7.71. The topological polar surface area (TPSA) is 42.1 Å². The van der Waals surface area contributed by atoms with Gasteiger partial charge in [0, 0.05) is 44.3 Å². The standard InChI is InChI=1S/C22H22N6S/c29-22-27(17-25-13-15-26(16-14-25)21-23-11-6-12-24-21)19-9-4-5-10-20(19)28(22)18-7-2-1-3-8-18/h1-12H,13-17H2. The van der Waals surface area contributed by atoms with Crippen LogP contribution in [0.4, 0.5) is 5.95 Å². The molecular weight excluding hydrogens is 380 g/mol. The molecule has 7 heteroatoms. The van der Waals surface area contributed by atoms with E-state index in [0.717, 1.165) is 60.3 Å². The van der Waals surface area contributed by atoms with E-state index in [1.807, 2.05) is 24.3 Å². The van der Waals surface area contributed by atoms with Crippen LogP contribution in [0.3, 0.4) is 0 Å². The predicted octanol–water partition coefficient (Wildman–Crippen LogP) is 3.73. The van der Waals surface area contributed by atoms with E-state index in [-0.39, 0.29) is 0 Å². The molecule has 0 amide bonds. The molecule has 6 nitrogen and oxygen atoms in total. The predicted molar refractivity (Wildman–Crippen MR) is 118 cm³/mol. The van der Waals surface area contributed by atoms with Gasteiger partial charge in [-0.3, -0.25) is 9.47 Å². The minimum absolute atomic E-state index is 0.780. The molecule has 146 valence electrons. The number of hydrogen-bond donors (Lipinski definition) is 0. The molecule has 2 aromatic carbocycles. The first kappa shape index (κ1) is 18.0. The van der Waals surface area contributed by atoms with Crippen LogP contribution in [-0.4, -0.2) is 50.2 Å². The van der Waals surface area contributed by atoms with Crippen molar-refractivity contribution in [1.29, 1.82) is 0 Å². The van der Waals surface area contributed by atoms with Crippen LogP contribution in [0.15, 0.2) is 73.1 Å². The Kier molecular flexibility index (Phi) is 4.83. The number of anilines is 1. The summed E-state index contributed by atoms with van der Waals surface area (Å²) in [5, 5.41) is 0. The largest absolute Gasteiger partial charge is 0.338 e. The Morgan fingerprint density at radius 3 is 2.14 bits per heavy atom. The molecule has 0 saturated carbocycles. The molecular formula is C22H22N6S. The van der Waals surface area contributed by atoms with E-state index in [1.54, 1.807) is 12.4 Å². The lowest BCUT2D eigenvalue weighted by Crippen LogP contribution is -2.47. The average Bonchev–Trinajstić information content (AvgIpc) is 3.07. The summed E-state index contributed by atoms with van der Waals surface area (Å²) in [6.45, 7) is 4.50. The third kappa shape index (κ3) is 3.43. The summed E-state index contributed by atoms with van der Waals surface area (Å²) in [6.07, 6.45) is 3.60. The Balaban J connectivity index is 1.42. The number of para-hydroxylation sites is 3. The van der Waals surface area contributed by atoms with Gasteiger partial charge in [-0.1, -0.05) is 30.3 Å². The minimum Gasteiger partial charge on any atom is -0.338 e. The number of nitrogens with zero attached hydrogens (tertiary/aromatic N) is 6. The zero-order valence-corrected chi connectivity index (χ0v) is 16.9. The van der Waals surface area contributed by atoms with E-state index in [0.29, 0.717) is 0 Å². The van der Waals surface area contributed by atoms with Gasteiger partial charge in [-0.2, -0.15) is 0 Å². The smallest absolute Gasteiger partial charge is 0.225 e. The maximum Gasteiger partial charge on any atom is 0.225 e. The van der Waals surface area contributed by atoms with Crippen LogP contribution in [0.1, 0.15) is 0 Å². The molecule has 0 N–H and O–H groups in total. The summed E-state index contributed by atoms with van der Waals surface area (Å²) >= 11 is 5.91. The van der Waals surface area contributed by atoms with Gasteiger partial charge in [0.25, 0.3) is 0 Å². The summed E-state index contributed by atoms with van der Waals surface area (Å²) in [5.41, 5.74) is 3.40. The molecule has 4 aromatic rings. The van der Waals surface area contributed by atoms with E-state index in [9.17, 15) is 0 Å². The van der Waals surface area contributed by atoms with Crippen LogP contribution >= 0.6 is 12.2 Å². The van der Waals surface area contributed by atoms with Gasteiger partial charge >= 0.3 is 0 Å². The lowest BCUT2D eigenvalue weighted by atomic mass is 10.3. The summed E-state index contributed by atoms with van der Waals surface area (Å²) in [4.78, 5) is 13.4. The van der Waals surface area contributed by atoms with Crippen molar-refractivity contribution in [3.63, 3.8) is 0 Å². The first-order valence-electron chi connectivity index (χ1n) is 9.81. The van der Waals surface area contributed by atoms with Crippen LogP contribution in [0.2, 0.25) is 0 Å². The SMILES string of the molecule is S=c1n(CN2CCN(c3ncccn3)CC2)c2ccccc2n1-c1ccccc1. The molecule has 0 atom stereocenters. The quantitative estimate of drug-likeness (QED) is 0.487. The van der Waals surface area contributed by atoms with Crippen molar-refractivity contribution < 1.29 is 0 Å². The molecule has 2 aromatic heterocycles. The highest BCUT2D eigenvalue weighted by Gasteiger charge is 2.20. The van der Waals surface area contributed by atoms with E-state index < -0.39 is 0 Å². The van der Waals surface area contributed by atoms with E-state index in [2.05, 4.69) is 65.3 Å². The van der Waals surface area contributed by atoms with Gasteiger partial charge in [-0.15, -0.1) is 0 Å². The Hall–Kier alpha value is -3.03. The zero-order valence-electron chi connectivity index (χ0n) is 16.1. The van der Waals surface area contributed by atoms with Gasteiger partial charge in [-0.25, -0.2) is 9.97 Å². The molecule has 0 unspecified atom stereocenters. The summed E-state index contributed by atoms with van der Waals surface area (Å²) in [5.74, 6) is 0.810. The monoisotopic (exact) mass is 402 g/mol. The van der Waals surface area contributed by atoms with Crippen molar-refractivity contribution in [1.82, 2.24) is 24.0 Å². The van der Waals surface area contributed by atoms with Gasteiger partial charge in [0.1, 0.15) is 0 Å². The third-order valence-electron chi connectivity index (χ3n) is 5.40. The van der Waals surface area contributed by atoms with Gasteiger partial charge in [0.15, 0.2) is 4.77 Å². The second kappa shape index (κ2) is 7.77. The molecule has 1 fully saturated rings. The number of rotatable bonds is 4. The van der Waals surface area contributed by atoms with Crippen molar-refractivity contribution in [2.24, 2.45) is 0 Å². The Morgan fingerprint density at radius 2 is 1.41 bits per heavy atom. The number of hydrogen-bond acceptors (Lipinski definition) is 5. The fourth-order valence-corrected chi connectivity index (χ4v) is 4.28. The second-order valence-corrected chi connectivity index (χ2v) is 7.53. The highest BCUT2D eigenvalue weighted by atomic mass is 32.1. The van der Waals surface area contributed by atoms with Crippen molar-refractivity contribution in [2.75, 3.05) is 31.1 Å². The molecule has 3 heterocycles. The Bertz CT molecular complexity index is 1160. The second-order valence-electron chi connectivity index (χ2n) is 7.17. The molecule has 0 spiro atoms. The lowest BCUT2D eigenvalue weighted by Gasteiger charge is -2.34. The summed E-state index contributed by atoms with van der Waals surface area (Å²) in [7, 11) is 0. The van der Waals surface area contributed by atoms with E-state index >= 15 is 0 Å². The maximum atomic E-state index is 5.91. The van der Waals surface area contributed by atoms with Crippen molar-refractivity contribution in [3.05, 3.63) is 77.8 Å². The first-order chi connectivity index (χ1) is 14.3. The van der Waals surface area contributed by atoms with Gasteiger partial charge < -0.3 is 9.47 Å². The molecule has 0 radical (unpaired) electrons. The van der Waals surface area contributed by atoms with E-state index in [4.69, 9.17) is 12.2 Å². The molecule has 1 aliphatic heterocycles. The van der Waals surface area contributed by atoms with Crippen molar-refractivity contribution >= 4 is 29.2 Å². The van der Waals surface area contributed by atoms with Gasteiger partial charge in [0.2, 0.25) is 5.95 Å². The van der Waals surface area contributed by atoms with Crippen molar-refractivity contribution in [3.8, 4) is 5.69 Å².